The van der Waals surface area contributed by atoms with Gasteiger partial charge in [-0.3, -0.25) is 0 Å². The Bertz CT molecular complexity index is 530. The zero-order chi connectivity index (χ0) is 13.0. The predicted octanol–water partition coefficient (Wildman–Crippen LogP) is 4.67. The minimum absolute atomic E-state index is 0.548. The summed E-state index contributed by atoms with van der Waals surface area (Å²) in [4.78, 5) is 4.42. The third-order valence-electron chi connectivity index (χ3n) is 2.97. The lowest BCUT2D eigenvalue weighted by Crippen LogP contribution is -2.12. The molecule has 1 unspecified atom stereocenters. The van der Waals surface area contributed by atoms with Gasteiger partial charge in [0.2, 0.25) is 0 Å². The maximum Gasteiger partial charge on any atom is 0.133 e. The van der Waals surface area contributed by atoms with E-state index in [4.69, 9.17) is 11.6 Å². The van der Waals surface area contributed by atoms with E-state index >= 15 is 0 Å². The number of anilines is 1. The van der Waals surface area contributed by atoms with E-state index in [1.807, 2.05) is 24.4 Å². The second kappa shape index (κ2) is 6.39. The minimum Gasteiger partial charge on any atom is -0.369 e. The molecule has 0 amide bonds. The Labute approximate surface area is 121 Å². The highest BCUT2D eigenvalue weighted by atomic mass is 79.9. The normalized spacial score (nSPS) is 12.6. The number of nitrogens with zero attached hydrogens (tertiary/aromatic N) is 1. The number of rotatable bonds is 5. The molecule has 0 saturated carbocycles. The Hall–Kier alpha value is -0.800. The van der Waals surface area contributed by atoms with Crippen LogP contribution in [0.5, 0.6) is 0 Å². The highest BCUT2D eigenvalue weighted by molar-refractivity contribution is 9.10. The first kappa shape index (κ1) is 13.6. The van der Waals surface area contributed by atoms with E-state index in [0.29, 0.717) is 11.8 Å². The van der Waals surface area contributed by atoms with Crippen LogP contribution in [0.15, 0.2) is 34.9 Å². The van der Waals surface area contributed by atoms with Gasteiger partial charge in [0.1, 0.15) is 5.82 Å². The number of nitrogens with one attached hydrogen (secondary N) is 1. The minimum atomic E-state index is 0.548. The molecule has 0 saturated heterocycles. The summed E-state index contributed by atoms with van der Waals surface area (Å²) in [5, 5.41) is 5.73. The quantitative estimate of drug-likeness (QED) is 0.807. The van der Waals surface area contributed by atoms with Gasteiger partial charge in [0, 0.05) is 33.9 Å². The van der Waals surface area contributed by atoms with Crippen LogP contribution < -0.4 is 5.32 Å². The van der Waals surface area contributed by atoms with Crippen molar-refractivity contribution in [2.75, 3.05) is 17.7 Å². The lowest BCUT2D eigenvalue weighted by molar-refractivity contribution is 0.596. The van der Waals surface area contributed by atoms with E-state index in [1.54, 1.807) is 0 Å². The number of hydrogen-bond donors (Lipinski definition) is 1. The molecule has 1 atom stereocenters. The first-order valence-corrected chi connectivity index (χ1v) is 7.38. The summed E-state index contributed by atoms with van der Waals surface area (Å²) in [7, 11) is 0. The molecular formula is C14H16BrClN2. The smallest absolute Gasteiger partial charge is 0.133 e. The van der Waals surface area contributed by atoms with Gasteiger partial charge in [-0.1, -0.05) is 35.0 Å². The van der Waals surface area contributed by atoms with Crippen molar-refractivity contribution >= 4 is 44.1 Å². The Kier molecular flexibility index (Phi) is 4.84. The van der Waals surface area contributed by atoms with Crippen molar-refractivity contribution in [3.05, 3.63) is 34.9 Å². The molecule has 96 valence electrons. The molecule has 0 aliphatic heterocycles. The number of fused-ring (bicyclic) bond motifs is 1. The van der Waals surface area contributed by atoms with Crippen molar-refractivity contribution < 1.29 is 0 Å². The van der Waals surface area contributed by atoms with E-state index < -0.39 is 0 Å². The number of aromatic nitrogens is 1. The Morgan fingerprint density at radius 3 is 2.94 bits per heavy atom. The molecule has 0 spiro atoms. The van der Waals surface area contributed by atoms with Crippen LogP contribution in [0.3, 0.4) is 0 Å². The van der Waals surface area contributed by atoms with E-state index in [0.717, 1.165) is 28.6 Å². The number of alkyl halides is 1. The lowest BCUT2D eigenvalue weighted by Gasteiger charge is -2.13. The maximum atomic E-state index is 5.74. The Balaban J connectivity index is 2.21. The fraction of sp³-hybridized carbons (Fsp3) is 0.357. The van der Waals surface area contributed by atoms with Crippen molar-refractivity contribution in [1.29, 1.82) is 0 Å². The van der Waals surface area contributed by atoms with Gasteiger partial charge >= 0.3 is 0 Å². The third kappa shape index (κ3) is 3.15. The van der Waals surface area contributed by atoms with Crippen LogP contribution in [-0.4, -0.2) is 17.4 Å². The molecule has 1 aromatic heterocycles. The van der Waals surface area contributed by atoms with Crippen LogP contribution in [0.25, 0.3) is 10.8 Å². The summed E-state index contributed by atoms with van der Waals surface area (Å²) in [5.41, 5.74) is 0. The number of benzene rings is 1. The summed E-state index contributed by atoms with van der Waals surface area (Å²) in [6, 6.07) is 8.18. The van der Waals surface area contributed by atoms with Crippen molar-refractivity contribution in [3.63, 3.8) is 0 Å². The topological polar surface area (TPSA) is 24.9 Å². The predicted molar refractivity (Wildman–Crippen MR) is 82.4 cm³/mol. The van der Waals surface area contributed by atoms with Gasteiger partial charge in [-0.2, -0.15) is 0 Å². The van der Waals surface area contributed by atoms with Crippen molar-refractivity contribution in [1.82, 2.24) is 4.98 Å². The van der Waals surface area contributed by atoms with Crippen LogP contribution >= 0.6 is 27.5 Å². The molecule has 0 fully saturated rings. The highest BCUT2D eigenvalue weighted by Gasteiger charge is 2.06. The van der Waals surface area contributed by atoms with Crippen LogP contribution in [-0.2, 0) is 0 Å². The van der Waals surface area contributed by atoms with E-state index in [1.165, 1.54) is 5.39 Å². The second-order valence-electron chi connectivity index (χ2n) is 4.46. The van der Waals surface area contributed by atoms with Gasteiger partial charge < -0.3 is 5.32 Å². The van der Waals surface area contributed by atoms with Gasteiger partial charge in [-0.25, -0.2) is 4.98 Å². The molecule has 0 aliphatic carbocycles. The molecule has 2 nitrogen and oxygen atoms in total. The number of halogens is 2. The SMILES string of the molecule is CC(CCCl)CNc1nccc2c(Br)cccc12. The largest absolute Gasteiger partial charge is 0.369 e. The first-order chi connectivity index (χ1) is 8.72. The van der Waals surface area contributed by atoms with Gasteiger partial charge in [0.05, 0.1) is 0 Å². The lowest BCUT2D eigenvalue weighted by atomic mass is 10.1. The third-order valence-corrected chi connectivity index (χ3v) is 3.88. The van der Waals surface area contributed by atoms with Crippen molar-refractivity contribution in [2.45, 2.75) is 13.3 Å². The maximum absolute atomic E-state index is 5.74. The van der Waals surface area contributed by atoms with Gasteiger partial charge in [0.15, 0.2) is 0 Å². The molecule has 1 heterocycles. The summed E-state index contributed by atoms with van der Waals surface area (Å²) in [6.45, 7) is 3.09. The molecule has 2 rings (SSSR count). The molecule has 0 aliphatic rings. The molecule has 0 bridgehead atoms. The Morgan fingerprint density at radius 1 is 1.33 bits per heavy atom. The molecule has 18 heavy (non-hydrogen) atoms. The van der Waals surface area contributed by atoms with E-state index in [-0.39, 0.29) is 0 Å². The van der Waals surface area contributed by atoms with Crippen molar-refractivity contribution in [3.8, 4) is 0 Å². The molecular weight excluding hydrogens is 312 g/mol. The fourth-order valence-corrected chi connectivity index (χ4v) is 2.74. The van der Waals surface area contributed by atoms with Gasteiger partial charge in [-0.05, 0) is 24.5 Å². The standard InChI is InChI=1S/C14H16BrClN2/c1-10(5-7-16)9-18-14-12-3-2-4-13(15)11(12)6-8-17-14/h2-4,6,8,10H,5,7,9H2,1H3,(H,17,18). The summed E-state index contributed by atoms with van der Waals surface area (Å²) in [6.07, 6.45) is 2.85. The fourth-order valence-electron chi connectivity index (χ4n) is 1.87. The molecule has 1 N–H and O–H groups in total. The zero-order valence-electron chi connectivity index (χ0n) is 10.3. The van der Waals surface area contributed by atoms with Crippen LogP contribution in [0.1, 0.15) is 13.3 Å². The summed E-state index contributed by atoms with van der Waals surface area (Å²) in [5.74, 6) is 2.19. The first-order valence-electron chi connectivity index (χ1n) is 6.05. The number of pyridine rings is 1. The number of hydrogen-bond acceptors (Lipinski definition) is 2. The van der Waals surface area contributed by atoms with Gasteiger partial charge in [-0.15, -0.1) is 11.6 Å². The average molecular weight is 328 g/mol. The summed E-state index contributed by atoms with van der Waals surface area (Å²) >= 11 is 9.31. The van der Waals surface area contributed by atoms with Crippen LogP contribution in [0, 0.1) is 5.92 Å². The monoisotopic (exact) mass is 326 g/mol. The molecule has 2 aromatic rings. The Morgan fingerprint density at radius 2 is 2.17 bits per heavy atom. The van der Waals surface area contributed by atoms with Crippen LogP contribution in [0.4, 0.5) is 5.82 Å². The summed E-state index contributed by atoms with van der Waals surface area (Å²) < 4.78 is 1.10. The zero-order valence-corrected chi connectivity index (χ0v) is 12.6. The van der Waals surface area contributed by atoms with E-state index in [9.17, 15) is 0 Å². The van der Waals surface area contributed by atoms with Gasteiger partial charge in [0.25, 0.3) is 0 Å². The molecule has 4 heteroatoms. The molecule has 0 radical (unpaired) electrons. The highest BCUT2D eigenvalue weighted by Crippen LogP contribution is 2.27. The molecule has 1 aromatic carbocycles. The van der Waals surface area contributed by atoms with E-state index in [2.05, 4.69) is 39.2 Å². The van der Waals surface area contributed by atoms with Crippen LogP contribution in [0.2, 0.25) is 0 Å². The van der Waals surface area contributed by atoms with Crippen molar-refractivity contribution in [2.24, 2.45) is 5.92 Å². The second-order valence-corrected chi connectivity index (χ2v) is 5.69. The average Bonchev–Trinajstić information content (AvgIpc) is 2.37.